The fraction of sp³-hybridized carbons (Fsp3) is 0.417. The summed E-state index contributed by atoms with van der Waals surface area (Å²) in [5.74, 6) is 0.465. The second-order valence-electron chi connectivity index (χ2n) is 3.56. The van der Waals surface area contributed by atoms with E-state index in [2.05, 4.69) is 29.5 Å². The Bertz CT molecular complexity index is 343. The zero-order valence-corrected chi connectivity index (χ0v) is 9.36. The van der Waals surface area contributed by atoms with Crippen molar-refractivity contribution in [1.29, 1.82) is 0 Å². The van der Waals surface area contributed by atoms with Gasteiger partial charge in [0.2, 0.25) is 0 Å². The van der Waals surface area contributed by atoms with Gasteiger partial charge in [-0.15, -0.1) is 0 Å². The van der Waals surface area contributed by atoms with Crippen LogP contribution in [0.15, 0.2) is 18.5 Å². The third-order valence-electron chi connectivity index (χ3n) is 2.04. The normalized spacial score (nSPS) is 12.4. The van der Waals surface area contributed by atoms with Crippen LogP contribution >= 0.6 is 0 Å². The fourth-order valence-corrected chi connectivity index (χ4v) is 1.44. The molecule has 0 amide bonds. The molecule has 0 aliphatic rings. The van der Waals surface area contributed by atoms with Gasteiger partial charge in [0, 0.05) is 6.20 Å². The zero-order valence-electron chi connectivity index (χ0n) is 9.36. The molecule has 0 aliphatic heterocycles. The lowest BCUT2D eigenvalue weighted by atomic mass is 10.1. The van der Waals surface area contributed by atoms with Gasteiger partial charge in [-0.3, -0.25) is 0 Å². The van der Waals surface area contributed by atoms with Gasteiger partial charge in [-0.05, 0) is 25.8 Å². The molecule has 2 heteroatoms. The smallest absolute Gasteiger partial charge is 0.0995 e. The molecule has 0 N–H and O–H groups in total. The van der Waals surface area contributed by atoms with Crippen LogP contribution in [0.1, 0.15) is 45.0 Å². The van der Waals surface area contributed by atoms with Crippen molar-refractivity contribution in [3.8, 4) is 0 Å². The van der Waals surface area contributed by atoms with Crippen LogP contribution in [0, 0.1) is 0 Å². The minimum absolute atomic E-state index is 0.465. The highest BCUT2D eigenvalue weighted by molar-refractivity contribution is 5.52. The highest BCUT2D eigenvalue weighted by Crippen LogP contribution is 2.19. The predicted molar refractivity (Wildman–Crippen MR) is 62.0 cm³/mol. The average Bonchev–Trinajstić information content (AvgIpc) is 2.50. The number of aromatic nitrogens is 2. The van der Waals surface area contributed by atoms with E-state index in [0.717, 1.165) is 5.69 Å². The van der Waals surface area contributed by atoms with Crippen molar-refractivity contribution in [2.45, 2.75) is 33.6 Å². The molecule has 0 spiro atoms. The fourth-order valence-electron chi connectivity index (χ4n) is 1.44. The van der Waals surface area contributed by atoms with Crippen LogP contribution in [0.2, 0.25) is 0 Å². The summed E-state index contributed by atoms with van der Waals surface area (Å²) in [6.07, 6.45) is 10.0. The second kappa shape index (κ2) is 4.80. The van der Waals surface area contributed by atoms with E-state index in [9.17, 15) is 0 Å². The number of nitrogens with zero attached hydrogens (tertiary/aromatic N) is 2. The van der Waals surface area contributed by atoms with E-state index in [4.69, 9.17) is 0 Å². The molecule has 76 valence electrons. The van der Waals surface area contributed by atoms with Gasteiger partial charge in [-0.25, -0.2) is 4.98 Å². The summed E-state index contributed by atoms with van der Waals surface area (Å²) in [4.78, 5) is 4.41. The molecular formula is C12H18N2. The summed E-state index contributed by atoms with van der Waals surface area (Å²) in [7, 11) is 0. The molecule has 1 rings (SSSR count). The Morgan fingerprint density at radius 3 is 2.50 bits per heavy atom. The minimum Gasteiger partial charge on any atom is -0.306 e. The number of rotatable bonds is 3. The van der Waals surface area contributed by atoms with Crippen molar-refractivity contribution in [1.82, 2.24) is 9.55 Å². The van der Waals surface area contributed by atoms with E-state index >= 15 is 0 Å². The van der Waals surface area contributed by atoms with Gasteiger partial charge in [0.05, 0.1) is 17.7 Å². The van der Waals surface area contributed by atoms with Crippen molar-refractivity contribution >= 4 is 12.3 Å². The summed E-state index contributed by atoms with van der Waals surface area (Å²) in [6, 6.07) is 0. The van der Waals surface area contributed by atoms with Crippen molar-refractivity contribution in [2.24, 2.45) is 0 Å². The third-order valence-corrected chi connectivity index (χ3v) is 2.04. The number of allylic oxidation sites excluding steroid dienone is 2. The standard InChI is InChI=1S/C12H18N2/c1-5-7-11-12(10(3)4)13-9-14(11)8-6-2/h5-10H,1-4H3/b7-5-,8-6-. The average molecular weight is 190 g/mol. The van der Waals surface area contributed by atoms with E-state index in [1.165, 1.54) is 5.69 Å². The zero-order chi connectivity index (χ0) is 10.6. The van der Waals surface area contributed by atoms with Crippen LogP contribution in [-0.2, 0) is 0 Å². The van der Waals surface area contributed by atoms with Crippen LogP contribution < -0.4 is 0 Å². The van der Waals surface area contributed by atoms with E-state index in [1.807, 2.05) is 38.5 Å². The van der Waals surface area contributed by atoms with Gasteiger partial charge in [-0.2, -0.15) is 0 Å². The second-order valence-corrected chi connectivity index (χ2v) is 3.56. The van der Waals surface area contributed by atoms with Crippen molar-refractivity contribution in [3.63, 3.8) is 0 Å². The highest BCUT2D eigenvalue weighted by Gasteiger charge is 2.09. The molecule has 1 heterocycles. The molecule has 2 nitrogen and oxygen atoms in total. The Balaban J connectivity index is 3.19. The molecule has 0 aromatic carbocycles. The minimum atomic E-state index is 0.465. The van der Waals surface area contributed by atoms with Gasteiger partial charge in [0.25, 0.3) is 0 Å². The topological polar surface area (TPSA) is 17.8 Å². The first-order chi connectivity index (χ1) is 6.70. The van der Waals surface area contributed by atoms with E-state index < -0.39 is 0 Å². The lowest BCUT2D eigenvalue weighted by Gasteiger charge is -2.04. The molecule has 0 saturated carbocycles. The highest BCUT2D eigenvalue weighted by atomic mass is 15.0. The molecule has 0 unspecified atom stereocenters. The van der Waals surface area contributed by atoms with Crippen LogP contribution in [0.25, 0.3) is 12.3 Å². The van der Waals surface area contributed by atoms with Gasteiger partial charge < -0.3 is 4.57 Å². The van der Waals surface area contributed by atoms with Crippen molar-refractivity contribution in [2.75, 3.05) is 0 Å². The summed E-state index contributed by atoms with van der Waals surface area (Å²) in [5, 5.41) is 0. The molecule has 0 saturated heterocycles. The SMILES string of the molecule is C/C=C\c1c(C(C)C)ncn1/C=C\C. The summed E-state index contributed by atoms with van der Waals surface area (Å²) >= 11 is 0. The van der Waals surface area contributed by atoms with Crippen LogP contribution in [-0.4, -0.2) is 9.55 Å². The first-order valence-electron chi connectivity index (χ1n) is 5.03. The van der Waals surface area contributed by atoms with E-state index in [1.54, 1.807) is 0 Å². The number of imidazole rings is 1. The summed E-state index contributed by atoms with van der Waals surface area (Å²) in [5.41, 5.74) is 2.34. The lowest BCUT2D eigenvalue weighted by molar-refractivity contribution is 0.829. The monoisotopic (exact) mass is 190 g/mol. The predicted octanol–water partition coefficient (Wildman–Crippen LogP) is 3.53. The van der Waals surface area contributed by atoms with Crippen molar-refractivity contribution in [3.05, 3.63) is 29.9 Å². The van der Waals surface area contributed by atoms with E-state index in [-0.39, 0.29) is 0 Å². The molecule has 0 bridgehead atoms. The van der Waals surface area contributed by atoms with Gasteiger partial charge in [0.15, 0.2) is 0 Å². The maximum Gasteiger partial charge on any atom is 0.0995 e. The molecule has 0 aliphatic carbocycles. The third kappa shape index (κ3) is 2.13. The quantitative estimate of drug-likeness (QED) is 0.713. The summed E-state index contributed by atoms with van der Waals surface area (Å²) < 4.78 is 2.05. The molecule has 1 aromatic rings. The van der Waals surface area contributed by atoms with Crippen LogP contribution in [0.3, 0.4) is 0 Å². The van der Waals surface area contributed by atoms with Crippen LogP contribution in [0.4, 0.5) is 0 Å². The summed E-state index contributed by atoms with van der Waals surface area (Å²) in [6.45, 7) is 8.36. The number of hydrogen-bond donors (Lipinski definition) is 0. The largest absolute Gasteiger partial charge is 0.306 e. The maximum absolute atomic E-state index is 4.41. The Kier molecular flexibility index (Phi) is 3.69. The van der Waals surface area contributed by atoms with Gasteiger partial charge >= 0.3 is 0 Å². The van der Waals surface area contributed by atoms with Crippen molar-refractivity contribution < 1.29 is 0 Å². The van der Waals surface area contributed by atoms with E-state index in [0.29, 0.717) is 5.92 Å². The molecule has 0 fully saturated rings. The maximum atomic E-state index is 4.41. The Hall–Kier alpha value is -1.31. The molecule has 1 aromatic heterocycles. The first kappa shape index (κ1) is 10.8. The molecule has 0 atom stereocenters. The Morgan fingerprint density at radius 2 is 2.00 bits per heavy atom. The Labute approximate surface area is 86.0 Å². The van der Waals surface area contributed by atoms with Crippen LogP contribution in [0.5, 0.6) is 0 Å². The first-order valence-corrected chi connectivity index (χ1v) is 5.03. The molecular weight excluding hydrogens is 172 g/mol. The lowest BCUT2D eigenvalue weighted by Crippen LogP contribution is -1.93. The number of hydrogen-bond acceptors (Lipinski definition) is 1. The Morgan fingerprint density at radius 1 is 1.29 bits per heavy atom. The van der Waals surface area contributed by atoms with Gasteiger partial charge in [0.1, 0.15) is 0 Å². The molecule has 0 radical (unpaired) electrons. The van der Waals surface area contributed by atoms with Gasteiger partial charge in [-0.1, -0.05) is 26.0 Å². The molecule has 14 heavy (non-hydrogen) atoms.